The molecule has 0 spiro atoms. The Morgan fingerprint density at radius 3 is 2.62 bits per heavy atom. The maximum Gasteiger partial charge on any atom is 0.190 e. The maximum absolute atomic E-state index is 6.26. The first-order valence-electron chi connectivity index (χ1n) is 8.42. The van der Waals surface area contributed by atoms with Crippen molar-refractivity contribution >= 4 is 21.6 Å². The molecule has 0 radical (unpaired) electrons. The van der Waals surface area contributed by atoms with Crippen LogP contribution in [0.4, 0.5) is 0 Å². The van der Waals surface area contributed by atoms with Gasteiger partial charge in [0.05, 0.1) is 11.8 Å². The first-order chi connectivity index (χ1) is 11.5. The highest BCUT2D eigenvalue weighted by Crippen LogP contribution is 2.45. The molecule has 0 saturated carbocycles. The SMILES string of the molecule is Cc1ccc(C2=NN3[C@H](C2)c2cc(Br)ccc2O[C@@H]3C(C)C)cc1. The average Bonchev–Trinajstić information content (AvgIpc) is 3.00. The van der Waals surface area contributed by atoms with Gasteiger partial charge < -0.3 is 4.74 Å². The number of fused-ring (bicyclic) bond motifs is 3. The summed E-state index contributed by atoms with van der Waals surface area (Å²) in [6.45, 7) is 6.48. The second kappa shape index (κ2) is 5.92. The van der Waals surface area contributed by atoms with Gasteiger partial charge in [-0.2, -0.15) is 5.10 Å². The summed E-state index contributed by atoms with van der Waals surface area (Å²) in [5.41, 5.74) is 4.83. The molecule has 2 atom stereocenters. The molecule has 2 aromatic carbocycles. The fourth-order valence-corrected chi connectivity index (χ4v) is 3.83. The van der Waals surface area contributed by atoms with Crippen molar-refractivity contribution < 1.29 is 4.74 Å². The van der Waals surface area contributed by atoms with E-state index in [1.165, 1.54) is 16.7 Å². The van der Waals surface area contributed by atoms with E-state index in [4.69, 9.17) is 9.84 Å². The summed E-state index contributed by atoms with van der Waals surface area (Å²) < 4.78 is 7.34. The molecule has 0 bridgehead atoms. The fourth-order valence-electron chi connectivity index (χ4n) is 3.45. The second-order valence-corrected chi connectivity index (χ2v) is 7.86. The molecule has 0 aliphatic carbocycles. The lowest BCUT2D eigenvalue weighted by Gasteiger charge is -2.40. The molecule has 0 saturated heterocycles. The molecule has 2 heterocycles. The monoisotopic (exact) mass is 384 g/mol. The molecule has 124 valence electrons. The normalized spacial score (nSPS) is 22.0. The van der Waals surface area contributed by atoms with Crippen LogP contribution in [0.5, 0.6) is 5.75 Å². The van der Waals surface area contributed by atoms with Crippen LogP contribution >= 0.6 is 15.9 Å². The van der Waals surface area contributed by atoms with E-state index in [1.807, 2.05) is 6.07 Å². The highest BCUT2D eigenvalue weighted by Gasteiger charge is 2.41. The Hall–Kier alpha value is -1.81. The molecule has 2 aromatic rings. The van der Waals surface area contributed by atoms with Crippen molar-refractivity contribution in [2.45, 2.75) is 39.5 Å². The summed E-state index contributed by atoms with van der Waals surface area (Å²) in [5.74, 6) is 1.35. The summed E-state index contributed by atoms with van der Waals surface area (Å²) in [6, 6.07) is 15.1. The Bertz CT molecular complexity index is 798. The number of halogens is 1. The summed E-state index contributed by atoms with van der Waals surface area (Å²) in [4.78, 5) is 0. The van der Waals surface area contributed by atoms with Gasteiger partial charge in [-0.1, -0.05) is 59.6 Å². The molecule has 2 aliphatic rings. The molecule has 0 fully saturated rings. The first kappa shape index (κ1) is 15.7. The smallest absolute Gasteiger partial charge is 0.190 e. The number of hydrogen-bond donors (Lipinski definition) is 0. The quantitative estimate of drug-likeness (QED) is 0.702. The van der Waals surface area contributed by atoms with Crippen molar-refractivity contribution in [2.75, 3.05) is 0 Å². The van der Waals surface area contributed by atoms with Gasteiger partial charge in [0.15, 0.2) is 6.23 Å². The van der Waals surface area contributed by atoms with Gasteiger partial charge in [-0.3, -0.25) is 0 Å². The standard InChI is InChI=1S/C20H21BrN2O/c1-12(2)20-23-18(16-10-15(21)8-9-19(16)24-20)11-17(22-23)14-6-4-13(3)5-7-14/h4-10,12,18,20H,11H2,1-3H3/t18-,20-/m1/s1. The van der Waals surface area contributed by atoms with Gasteiger partial charge in [0, 0.05) is 22.4 Å². The van der Waals surface area contributed by atoms with E-state index in [1.54, 1.807) is 0 Å². The van der Waals surface area contributed by atoms with Crippen LogP contribution < -0.4 is 4.74 Å². The van der Waals surface area contributed by atoms with E-state index in [0.29, 0.717) is 5.92 Å². The minimum Gasteiger partial charge on any atom is -0.468 e. The van der Waals surface area contributed by atoms with Crippen LogP contribution in [0, 0.1) is 12.8 Å². The second-order valence-electron chi connectivity index (χ2n) is 6.95. The lowest BCUT2D eigenvalue weighted by Crippen LogP contribution is -2.43. The first-order valence-corrected chi connectivity index (χ1v) is 9.21. The minimum atomic E-state index is -0.0216. The van der Waals surface area contributed by atoms with E-state index in [9.17, 15) is 0 Å². The molecule has 3 nitrogen and oxygen atoms in total. The third-order valence-corrected chi connectivity index (χ3v) is 5.23. The van der Waals surface area contributed by atoms with Crippen molar-refractivity contribution in [2.24, 2.45) is 11.0 Å². The number of aryl methyl sites for hydroxylation is 1. The summed E-state index contributed by atoms with van der Waals surface area (Å²) in [7, 11) is 0. The van der Waals surface area contributed by atoms with Crippen LogP contribution in [0.25, 0.3) is 0 Å². The van der Waals surface area contributed by atoms with Crippen LogP contribution in [0.15, 0.2) is 52.0 Å². The Morgan fingerprint density at radius 2 is 1.92 bits per heavy atom. The van der Waals surface area contributed by atoms with E-state index in [2.05, 4.69) is 78.1 Å². The summed E-state index contributed by atoms with van der Waals surface area (Å²) in [6.07, 6.45) is 0.894. The van der Waals surface area contributed by atoms with Crippen LogP contribution in [0.3, 0.4) is 0 Å². The van der Waals surface area contributed by atoms with Crippen LogP contribution in [0.2, 0.25) is 0 Å². The largest absolute Gasteiger partial charge is 0.468 e. The lowest BCUT2D eigenvalue weighted by atomic mass is 9.95. The number of rotatable bonds is 2. The van der Waals surface area contributed by atoms with Gasteiger partial charge in [-0.25, -0.2) is 5.01 Å². The third kappa shape index (κ3) is 2.63. The molecule has 0 aromatic heterocycles. The molecule has 0 N–H and O–H groups in total. The van der Waals surface area contributed by atoms with Crippen molar-refractivity contribution in [3.05, 3.63) is 63.6 Å². The molecular weight excluding hydrogens is 364 g/mol. The lowest BCUT2D eigenvalue weighted by molar-refractivity contribution is -0.0461. The summed E-state index contributed by atoms with van der Waals surface area (Å²) >= 11 is 3.59. The Kier molecular flexibility index (Phi) is 3.87. The molecule has 24 heavy (non-hydrogen) atoms. The van der Waals surface area contributed by atoms with Gasteiger partial charge in [0.25, 0.3) is 0 Å². The number of hydrazone groups is 1. The number of nitrogens with zero attached hydrogens (tertiary/aromatic N) is 2. The van der Waals surface area contributed by atoms with Crippen molar-refractivity contribution in [3.8, 4) is 5.75 Å². The fraction of sp³-hybridized carbons (Fsp3) is 0.350. The predicted molar refractivity (Wildman–Crippen MR) is 100 cm³/mol. The van der Waals surface area contributed by atoms with Crippen molar-refractivity contribution in [1.82, 2.24) is 5.01 Å². The van der Waals surface area contributed by atoms with Crippen LogP contribution in [-0.4, -0.2) is 16.9 Å². The molecule has 2 aliphatic heterocycles. The number of hydrogen-bond acceptors (Lipinski definition) is 3. The van der Waals surface area contributed by atoms with Crippen molar-refractivity contribution in [3.63, 3.8) is 0 Å². The topological polar surface area (TPSA) is 24.8 Å². The summed E-state index contributed by atoms with van der Waals surface area (Å²) in [5, 5.41) is 7.11. The highest BCUT2D eigenvalue weighted by atomic mass is 79.9. The number of ether oxygens (including phenoxy) is 1. The van der Waals surface area contributed by atoms with Gasteiger partial charge in [0.1, 0.15) is 5.75 Å². The zero-order chi connectivity index (χ0) is 16.8. The predicted octanol–water partition coefficient (Wildman–Crippen LogP) is 5.28. The van der Waals surface area contributed by atoms with Gasteiger partial charge >= 0.3 is 0 Å². The number of benzene rings is 2. The van der Waals surface area contributed by atoms with Crippen LogP contribution in [-0.2, 0) is 0 Å². The Balaban J connectivity index is 1.75. The van der Waals surface area contributed by atoms with Gasteiger partial charge in [0.2, 0.25) is 0 Å². The minimum absolute atomic E-state index is 0.0216. The zero-order valence-corrected chi connectivity index (χ0v) is 15.7. The molecular formula is C20H21BrN2O. The molecule has 4 rings (SSSR count). The highest BCUT2D eigenvalue weighted by molar-refractivity contribution is 9.10. The van der Waals surface area contributed by atoms with Gasteiger partial charge in [-0.05, 0) is 30.7 Å². The Labute approximate surface area is 151 Å². The van der Waals surface area contributed by atoms with E-state index in [-0.39, 0.29) is 12.3 Å². The average molecular weight is 385 g/mol. The molecule has 0 unspecified atom stereocenters. The third-order valence-electron chi connectivity index (χ3n) is 4.74. The Morgan fingerprint density at radius 1 is 1.17 bits per heavy atom. The van der Waals surface area contributed by atoms with E-state index in [0.717, 1.165) is 22.4 Å². The zero-order valence-electron chi connectivity index (χ0n) is 14.2. The maximum atomic E-state index is 6.26. The van der Waals surface area contributed by atoms with E-state index >= 15 is 0 Å². The van der Waals surface area contributed by atoms with Crippen LogP contribution in [0.1, 0.15) is 43.0 Å². The molecule has 0 amide bonds. The van der Waals surface area contributed by atoms with Crippen molar-refractivity contribution in [1.29, 1.82) is 0 Å². The molecule has 4 heteroatoms. The van der Waals surface area contributed by atoms with E-state index < -0.39 is 0 Å². The van der Waals surface area contributed by atoms with Gasteiger partial charge in [-0.15, -0.1) is 0 Å².